The van der Waals surface area contributed by atoms with E-state index in [1.165, 1.54) is 6.07 Å². The minimum atomic E-state index is -0.589. The summed E-state index contributed by atoms with van der Waals surface area (Å²) in [5.74, 6) is -0.301. The van der Waals surface area contributed by atoms with Crippen LogP contribution < -0.4 is 5.46 Å². The van der Waals surface area contributed by atoms with Gasteiger partial charge < -0.3 is 18.9 Å². The van der Waals surface area contributed by atoms with Gasteiger partial charge in [0.25, 0.3) is 0 Å². The predicted octanol–water partition coefficient (Wildman–Crippen LogP) is 3.18. The highest BCUT2D eigenvalue weighted by atomic mass is 19.1. The van der Waals surface area contributed by atoms with Crippen molar-refractivity contribution in [1.82, 2.24) is 9.80 Å². The van der Waals surface area contributed by atoms with Gasteiger partial charge in [-0.15, -0.1) is 0 Å². The molecule has 0 spiro atoms. The van der Waals surface area contributed by atoms with Gasteiger partial charge >= 0.3 is 13.2 Å². The molecule has 2 fully saturated rings. The number of carbonyl (C=O) groups is 1. The maximum atomic E-state index is 14.3. The molecule has 1 aromatic carbocycles. The van der Waals surface area contributed by atoms with Crippen LogP contribution in [0.2, 0.25) is 0 Å². The van der Waals surface area contributed by atoms with Crippen molar-refractivity contribution in [3.8, 4) is 0 Å². The van der Waals surface area contributed by atoms with Crippen LogP contribution in [0, 0.1) is 5.82 Å². The van der Waals surface area contributed by atoms with Crippen molar-refractivity contribution in [2.75, 3.05) is 26.2 Å². The van der Waals surface area contributed by atoms with E-state index >= 15 is 0 Å². The van der Waals surface area contributed by atoms with E-state index in [4.69, 9.17) is 14.0 Å². The smallest absolute Gasteiger partial charge is 0.444 e. The lowest BCUT2D eigenvalue weighted by Gasteiger charge is -2.35. The van der Waals surface area contributed by atoms with Gasteiger partial charge in [-0.3, -0.25) is 4.90 Å². The maximum Gasteiger partial charge on any atom is 0.494 e. The Morgan fingerprint density at radius 3 is 2.17 bits per heavy atom. The number of halogens is 1. The molecule has 0 aromatic heterocycles. The summed E-state index contributed by atoms with van der Waals surface area (Å²) in [6.45, 7) is 16.7. The first-order valence-corrected chi connectivity index (χ1v) is 10.6. The average Bonchev–Trinajstić information content (AvgIpc) is 2.81. The van der Waals surface area contributed by atoms with E-state index in [9.17, 15) is 9.18 Å². The molecule has 30 heavy (non-hydrogen) atoms. The highest BCUT2D eigenvalue weighted by Gasteiger charge is 2.51. The molecule has 0 atom stereocenters. The second-order valence-corrected chi connectivity index (χ2v) is 10.2. The van der Waals surface area contributed by atoms with Gasteiger partial charge in [-0.2, -0.15) is 0 Å². The first-order chi connectivity index (χ1) is 13.8. The minimum absolute atomic E-state index is 0.282. The lowest BCUT2D eigenvalue weighted by molar-refractivity contribution is 0.00578. The second kappa shape index (κ2) is 8.13. The molecule has 1 amide bonds. The zero-order valence-electron chi connectivity index (χ0n) is 19.3. The number of amides is 1. The predicted molar refractivity (Wildman–Crippen MR) is 115 cm³/mol. The summed E-state index contributed by atoms with van der Waals surface area (Å²) in [7, 11) is -0.589. The third-order valence-electron chi connectivity index (χ3n) is 5.94. The molecule has 2 saturated heterocycles. The summed E-state index contributed by atoms with van der Waals surface area (Å²) in [6.07, 6.45) is -0.282. The third kappa shape index (κ3) is 5.34. The fourth-order valence-electron chi connectivity index (χ4n) is 3.56. The number of piperazine rings is 1. The largest absolute Gasteiger partial charge is 0.494 e. The fourth-order valence-corrected chi connectivity index (χ4v) is 3.56. The topological polar surface area (TPSA) is 51.2 Å². The van der Waals surface area contributed by atoms with Gasteiger partial charge in [0.2, 0.25) is 0 Å². The molecule has 2 aliphatic rings. The third-order valence-corrected chi connectivity index (χ3v) is 5.94. The van der Waals surface area contributed by atoms with Crippen molar-refractivity contribution >= 4 is 18.7 Å². The Labute approximate surface area is 179 Å². The van der Waals surface area contributed by atoms with E-state index in [1.54, 1.807) is 11.0 Å². The molecule has 0 radical (unpaired) electrons. The average molecular weight is 420 g/mol. The van der Waals surface area contributed by atoms with Crippen molar-refractivity contribution in [2.24, 2.45) is 0 Å². The van der Waals surface area contributed by atoms with Gasteiger partial charge in [-0.25, -0.2) is 9.18 Å². The Hall–Kier alpha value is -1.64. The van der Waals surface area contributed by atoms with Crippen LogP contribution in [0.3, 0.4) is 0 Å². The van der Waals surface area contributed by atoms with Crippen LogP contribution in [-0.2, 0) is 20.6 Å². The Kier molecular flexibility index (Phi) is 6.24. The van der Waals surface area contributed by atoms with Crippen LogP contribution in [-0.4, -0.2) is 66.0 Å². The Morgan fingerprint density at radius 1 is 1.07 bits per heavy atom. The molecule has 0 saturated carbocycles. The molecule has 166 valence electrons. The number of rotatable bonds is 3. The van der Waals surface area contributed by atoms with Crippen LogP contribution in [0.1, 0.15) is 54.0 Å². The van der Waals surface area contributed by atoms with Crippen LogP contribution in [0.15, 0.2) is 18.2 Å². The molecule has 8 heteroatoms. The van der Waals surface area contributed by atoms with Gasteiger partial charge in [-0.05, 0) is 71.6 Å². The fraction of sp³-hybridized carbons (Fsp3) is 0.682. The van der Waals surface area contributed by atoms with E-state index in [2.05, 4.69) is 4.90 Å². The first kappa shape index (κ1) is 23.0. The highest BCUT2D eigenvalue weighted by Crippen LogP contribution is 2.36. The van der Waals surface area contributed by atoms with Gasteiger partial charge in [0, 0.05) is 32.7 Å². The Balaban J connectivity index is 1.62. The SMILES string of the molecule is CC(C)(C)OC(=O)N1CCN(Cc2cc(F)cc(B3OC(C)(C)C(C)(C)O3)c2)CC1. The monoisotopic (exact) mass is 420 g/mol. The lowest BCUT2D eigenvalue weighted by atomic mass is 9.78. The molecule has 0 N–H and O–H groups in total. The summed E-state index contributed by atoms with van der Waals surface area (Å²) in [5, 5.41) is 0. The van der Waals surface area contributed by atoms with E-state index in [0.29, 0.717) is 38.2 Å². The zero-order valence-corrected chi connectivity index (χ0v) is 19.3. The summed E-state index contributed by atoms with van der Waals surface area (Å²) < 4.78 is 31.9. The van der Waals surface area contributed by atoms with E-state index in [1.807, 2.05) is 54.5 Å². The van der Waals surface area contributed by atoms with Crippen molar-refractivity contribution in [3.63, 3.8) is 0 Å². The summed E-state index contributed by atoms with van der Waals surface area (Å²) >= 11 is 0. The molecule has 0 aliphatic carbocycles. The van der Waals surface area contributed by atoms with Crippen LogP contribution >= 0.6 is 0 Å². The van der Waals surface area contributed by atoms with Crippen LogP contribution in [0.25, 0.3) is 0 Å². The number of hydrogen-bond acceptors (Lipinski definition) is 5. The Bertz CT molecular complexity index is 770. The molecule has 2 aliphatic heterocycles. The number of carbonyl (C=O) groups excluding carboxylic acids is 1. The molecule has 0 unspecified atom stereocenters. The van der Waals surface area contributed by atoms with Crippen molar-refractivity contribution in [2.45, 2.75) is 71.8 Å². The lowest BCUT2D eigenvalue weighted by Crippen LogP contribution is -2.49. The normalized spacial score (nSPS) is 21.7. The first-order valence-electron chi connectivity index (χ1n) is 10.6. The molecular formula is C22H34BFN2O4. The number of nitrogens with zero attached hydrogens (tertiary/aromatic N) is 2. The quantitative estimate of drug-likeness (QED) is 0.704. The molecular weight excluding hydrogens is 386 g/mol. The van der Waals surface area contributed by atoms with Crippen LogP contribution in [0.5, 0.6) is 0 Å². The van der Waals surface area contributed by atoms with Gasteiger partial charge in [-0.1, -0.05) is 6.07 Å². The van der Waals surface area contributed by atoms with E-state index < -0.39 is 23.9 Å². The standard InChI is InChI=1S/C22H34BFN2O4/c1-20(2,3)28-19(27)26-10-8-25(9-11-26)15-16-12-17(14-18(24)13-16)23-29-21(4,5)22(6,7)30-23/h12-14H,8-11,15H2,1-7H3. The minimum Gasteiger partial charge on any atom is -0.444 e. The summed E-state index contributed by atoms with van der Waals surface area (Å²) in [5.41, 5.74) is 0.116. The molecule has 6 nitrogen and oxygen atoms in total. The van der Waals surface area contributed by atoms with Gasteiger partial charge in [0.1, 0.15) is 11.4 Å². The summed E-state index contributed by atoms with van der Waals surface area (Å²) in [4.78, 5) is 16.2. The number of benzene rings is 1. The maximum absolute atomic E-state index is 14.3. The number of hydrogen-bond donors (Lipinski definition) is 0. The zero-order chi connectivity index (χ0) is 22.3. The Morgan fingerprint density at radius 2 is 1.63 bits per heavy atom. The van der Waals surface area contributed by atoms with Crippen molar-refractivity contribution < 1.29 is 23.2 Å². The molecule has 3 rings (SSSR count). The van der Waals surface area contributed by atoms with E-state index in [0.717, 1.165) is 5.56 Å². The van der Waals surface area contributed by atoms with Gasteiger partial charge in [0.05, 0.1) is 11.2 Å². The van der Waals surface area contributed by atoms with Crippen molar-refractivity contribution in [3.05, 3.63) is 29.6 Å². The molecule has 2 heterocycles. The molecule has 1 aromatic rings. The van der Waals surface area contributed by atoms with Crippen LogP contribution in [0.4, 0.5) is 9.18 Å². The highest BCUT2D eigenvalue weighted by molar-refractivity contribution is 6.62. The molecule has 0 bridgehead atoms. The van der Waals surface area contributed by atoms with E-state index in [-0.39, 0.29) is 11.9 Å². The van der Waals surface area contributed by atoms with Crippen molar-refractivity contribution in [1.29, 1.82) is 0 Å². The second-order valence-electron chi connectivity index (χ2n) is 10.2. The number of ether oxygens (including phenoxy) is 1. The van der Waals surface area contributed by atoms with Gasteiger partial charge in [0.15, 0.2) is 0 Å². The summed E-state index contributed by atoms with van der Waals surface area (Å²) in [6, 6.07) is 4.98.